The molecule has 2 atom stereocenters. The standard InChI is InChI=1S/C12H19NO4/c1-8(14)16-11-10-4-6-13(7-5-10)12(11,3)17-9(2)15/h10-11H,4-7H2,1-3H3. The number of esters is 2. The van der Waals surface area contributed by atoms with E-state index < -0.39 is 5.72 Å². The molecule has 2 unspecified atom stereocenters. The molecule has 3 heterocycles. The predicted octanol–water partition coefficient (Wildman–Crippen LogP) is 0.923. The first-order chi connectivity index (χ1) is 7.93. The zero-order valence-corrected chi connectivity index (χ0v) is 10.6. The summed E-state index contributed by atoms with van der Waals surface area (Å²) in [6.45, 7) is 6.41. The van der Waals surface area contributed by atoms with E-state index in [1.54, 1.807) is 0 Å². The average Bonchev–Trinajstić information content (AvgIpc) is 2.23. The van der Waals surface area contributed by atoms with Crippen molar-refractivity contribution < 1.29 is 19.1 Å². The van der Waals surface area contributed by atoms with E-state index in [1.165, 1.54) is 13.8 Å². The van der Waals surface area contributed by atoms with E-state index in [-0.39, 0.29) is 18.0 Å². The molecule has 0 aromatic heterocycles. The topological polar surface area (TPSA) is 55.8 Å². The van der Waals surface area contributed by atoms with Gasteiger partial charge in [0.1, 0.15) is 0 Å². The SMILES string of the molecule is CC(=O)OC1C2CCN(CC2)C1(C)OC(C)=O. The van der Waals surface area contributed by atoms with Crippen molar-refractivity contribution in [1.82, 2.24) is 4.90 Å². The zero-order valence-electron chi connectivity index (χ0n) is 10.6. The Kier molecular flexibility index (Phi) is 3.12. The van der Waals surface area contributed by atoms with Gasteiger partial charge in [-0.1, -0.05) is 0 Å². The molecule has 3 saturated heterocycles. The van der Waals surface area contributed by atoms with Crippen LogP contribution in [0.4, 0.5) is 0 Å². The number of carbonyl (C=O) groups is 2. The summed E-state index contributed by atoms with van der Waals surface area (Å²) in [5.74, 6) is -0.354. The van der Waals surface area contributed by atoms with Gasteiger partial charge in [-0.05, 0) is 19.8 Å². The number of fused-ring (bicyclic) bond motifs is 3. The van der Waals surface area contributed by atoms with Crippen molar-refractivity contribution in [3.05, 3.63) is 0 Å². The van der Waals surface area contributed by atoms with Gasteiger partial charge in [-0.15, -0.1) is 0 Å². The van der Waals surface area contributed by atoms with Gasteiger partial charge in [-0.2, -0.15) is 0 Å². The number of rotatable bonds is 2. The fraction of sp³-hybridized carbons (Fsp3) is 0.833. The molecule has 0 aromatic rings. The van der Waals surface area contributed by atoms with Crippen LogP contribution in [-0.2, 0) is 19.1 Å². The van der Waals surface area contributed by atoms with Crippen molar-refractivity contribution in [2.45, 2.75) is 45.4 Å². The van der Waals surface area contributed by atoms with Crippen LogP contribution in [-0.4, -0.2) is 41.8 Å². The first kappa shape index (κ1) is 12.4. The van der Waals surface area contributed by atoms with Crippen molar-refractivity contribution in [3.63, 3.8) is 0 Å². The van der Waals surface area contributed by atoms with Crippen molar-refractivity contribution >= 4 is 11.9 Å². The van der Waals surface area contributed by atoms with Crippen LogP contribution in [0.25, 0.3) is 0 Å². The number of carbonyl (C=O) groups excluding carboxylic acids is 2. The summed E-state index contributed by atoms with van der Waals surface area (Å²) < 4.78 is 10.8. The van der Waals surface area contributed by atoms with Crippen LogP contribution in [0, 0.1) is 5.92 Å². The van der Waals surface area contributed by atoms with Gasteiger partial charge in [0.25, 0.3) is 0 Å². The Morgan fingerprint density at radius 3 is 2.24 bits per heavy atom. The van der Waals surface area contributed by atoms with Crippen LogP contribution in [0.1, 0.15) is 33.6 Å². The van der Waals surface area contributed by atoms with Gasteiger partial charge in [0.15, 0.2) is 6.10 Å². The lowest BCUT2D eigenvalue weighted by Gasteiger charge is -2.55. The van der Waals surface area contributed by atoms with Crippen molar-refractivity contribution in [1.29, 1.82) is 0 Å². The summed E-state index contributed by atoms with van der Waals surface area (Å²) >= 11 is 0. The number of hydrogen-bond acceptors (Lipinski definition) is 5. The van der Waals surface area contributed by atoms with Crippen molar-refractivity contribution in [2.75, 3.05) is 13.1 Å². The molecule has 0 saturated carbocycles. The minimum atomic E-state index is -0.793. The summed E-state index contributed by atoms with van der Waals surface area (Å²) in [5.41, 5.74) is -0.793. The molecule has 17 heavy (non-hydrogen) atoms. The normalized spacial score (nSPS) is 39.8. The number of piperidine rings is 3. The summed E-state index contributed by atoms with van der Waals surface area (Å²) in [4.78, 5) is 24.5. The second-order valence-corrected chi connectivity index (χ2v) is 5.00. The van der Waals surface area contributed by atoms with Crippen molar-refractivity contribution in [2.24, 2.45) is 5.92 Å². The Balaban J connectivity index is 2.24. The summed E-state index contributed by atoms with van der Waals surface area (Å²) in [6.07, 6.45) is 1.65. The van der Waals surface area contributed by atoms with Crippen LogP contribution in [0.2, 0.25) is 0 Å². The minimum Gasteiger partial charge on any atom is -0.456 e. The lowest BCUT2D eigenvalue weighted by molar-refractivity contribution is -0.256. The molecule has 3 fully saturated rings. The third-order valence-corrected chi connectivity index (χ3v) is 3.77. The third-order valence-electron chi connectivity index (χ3n) is 3.77. The Bertz CT molecular complexity index is 335. The lowest BCUT2D eigenvalue weighted by atomic mass is 9.78. The fourth-order valence-corrected chi connectivity index (χ4v) is 3.06. The smallest absolute Gasteiger partial charge is 0.304 e. The maximum Gasteiger partial charge on any atom is 0.304 e. The Morgan fingerprint density at radius 1 is 1.18 bits per heavy atom. The van der Waals surface area contributed by atoms with E-state index in [2.05, 4.69) is 4.90 Å². The van der Waals surface area contributed by atoms with Crippen LogP contribution < -0.4 is 0 Å². The van der Waals surface area contributed by atoms with Crippen LogP contribution in [0.15, 0.2) is 0 Å². The number of nitrogens with zero attached hydrogens (tertiary/aromatic N) is 1. The zero-order chi connectivity index (χ0) is 12.6. The molecule has 5 heteroatoms. The van der Waals surface area contributed by atoms with E-state index in [4.69, 9.17) is 9.47 Å². The maximum absolute atomic E-state index is 11.2. The molecule has 0 aliphatic carbocycles. The molecule has 3 aliphatic rings. The molecule has 0 amide bonds. The monoisotopic (exact) mass is 241 g/mol. The van der Waals surface area contributed by atoms with E-state index in [0.29, 0.717) is 5.92 Å². The van der Waals surface area contributed by atoms with Gasteiger partial charge >= 0.3 is 11.9 Å². The highest BCUT2D eigenvalue weighted by molar-refractivity contribution is 5.67. The maximum atomic E-state index is 11.2. The molecular weight excluding hydrogens is 222 g/mol. The largest absolute Gasteiger partial charge is 0.456 e. The Morgan fingerprint density at radius 2 is 1.76 bits per heavy atom. The molecule has 96 valence electrons. The highest BCUT2D eigenvalue weighted by atomic mass is 16.6. The van der Waals surface area contributed by atoms with E-state index in [9.17, 15) is 9.59 Å². The van der Waals surface area contributed by atoms with Crippen LogP contribution in [0.3, 0.4) is 0 Å². The summed E-state index contributed by atoms with van der Waals surface area (Å²) in [6, 6.07) is 0. The van der Waals surface area contributed by atoms with Crippen molar-refractivity contribution in [3.8, 4) is 0 Å². The van der Waals surface area contributed by atoms with E-state index in [0.717, 1.165) is 25.9 Å². The molecule has 3 aliphatic heterocycles. The molecular formula is C12H19NO4. The van der Waals surface area contributed by atoms with E-state index >= 15 is 0 Å². The second kappa shape index (κ2) is 4.29. The number of hydrogen-bond donors (Lipinski definition) is 0. The minimum absolute atomic E-state index is 0.299. The van der Waals surface area contributed by atoms with Gasteiger partial charge in [-0.3, -0.25) is 14.5 Å². The Hall–Kier alpha value is -1.10. The highest BCUT2D eigenvalue weighted by Crippen LogP contribution is 2.41. The molecule has 0 N–H and O–H groups in total. The molecule has 3 rings (SSSR count). The van der Waals surface area contributed by atoms with Crippen LogP contribution in [0.5, 0.6) is 0 Å². The van der Waals surface area contributed by atoms with Gasteiger partial charge in [-0.25, -0.2) is 0 Å². The molecule has 0 spiro atoms. The quantitative estimate of drug-likeness (QED) is 0.673. The first-order valence-electron chi connectivity index (χ1n) is 6.05. The molecule has 2 bridgehead atoms. The van der Waals surface area contributed by atoms with Gasteiger partial charge in [0.2, 0.25) is 5.72 Å². The number of ether oxygens (including phenoxy) is 2. The predicted molar refractivity (Wildman–Crippen MR) is 60.0 cm³/mol. The van der Waals surface area contributed by atoms with Crippen LogP contribution >= 0.6 is 0 Å². The first-order valence-corrected chi connectivity index (χ1v) is 6.05. The summed E-state index contributed by atoms with van der Waals surface area (Å²) in [5, 5.41) is 0. The Labute approximate surface area is 101 Å². The third kappa shape index (κ3) is 2.16. The van der Waals surface area contributed by atoms with Gasteiger partial charge in [0, 0.05) is 32.9 Å². The van der Waals surface area contributed by atoms with Gasteiger partial charge in [0.05, 0.1) is 0 Å². The lowest BCUT2D eigenvalue weighted by Crippen LogP contribution is -2.68. The molecule has 5 nitrogen and oxygen atoms in total. The molecule has 0 aromatic carbocycles. The molecule has 0 radical (unpaired) electrons. The van der Waals surface area contributed by atoms with E-state index in [1.807, 2.05) is 6.92 Å². The average molecular weight is 241 g/mol. The second-order valence-electron chi connectivity index (χ2n) is 5.00. The van der Waals surface area contributed by atoms with Gasteiger partial charge < -0.3 is 9.47 Å². The fourth-order valence-electron chi connectivity index (χ4n) is 3.06. The summed E-state index contributed by atoms with van der Waals surface area (Å²) in [7, 11) is 0. The highest BCUT2D eigenvalue weighted by Gasteiger charge is 2.55.